The molecule has 8 heteroatoms. The Morgan fingerprint density at radius 3 is 2.57 bits per heavy atom. The number of aromatic carboxylic acids is 1. The maximum absolute atomic E-state index is 11.6. The molecule has 35 heavy (non-hydrogen) atoms. The van der Waals surface area contributed by atoms with E-state index in [1.165, 1.54) is 0 Å². The number of pyridine rings is 2. The van der Waals surface area contributed by atoms with Gasteiger partial charge >= 0.3 is 5.97 Å². The van der Waals surface area contributed by atoms with Crippen LogP contribution in [0.2, 0.25) is 0 Å². The molecule has 176 valence electrons. The van der Waals surface area contributed by atoms with Gasteiger partial charge < -0.3 is 19.9 Å². The number of carboxylic acid groups (broad SMARTS) is 1. The van der Waals surface area contributed by atoms with Crippen molar-refractivity contribution < 1.29 is 9.90 Å². The van der Waals surface area contributed by atoms with Crippen LogP contribution in [0, 0.1) is 13.8 Å². The monoisotopic (exact) mass is 483 g/mol. The first kappa shape index (κ1) is 22.7. The lowest BCUT2D eigenvalue weighted by Gasteiger charge is -2.28. The lowest BCUT2D eigenvalue weighted by molar-refractivity contribution is 0.0697. The highest BCUT2D eigenvalue weighted by Gasteiger charge is 2.41. The minimum absolute atomic E-state index is 0.104. The molecular weight excluding hydrogens is 458 g/mol. The van der Waals surface area contributed by atoms with Crippen LogP contribution in [0.25, 0.3) is 5.69 Å². The van der Waals surface area contributed by atoms with Gasteiger partial charge in [-0.1, -0.05) is 12.1 Å². The van der Waals surface area contributed by atoms with Crippen molar-refractivity contribution in [1.29, 1.82) is 0 Å². The summed E-state index contributed by atoms with van der Waals surface area (Å²) >= 11 is 5.82. The second-order valence-corrected chi connectivity index (χ2v) is 9.01. The zero-order valence-electron chi connectivity index (χ0n) is 19.4. The van der Waals surface area contributed by atoms with Gasteiger partial charge in [0.05, 0.1) is 23.3 Å². The van der Waals surface area contributed by atoms with E-state index in [4.69, 9.17) is 12.2 Å². The van der Waals surface area contributed by atoms with Crippen molar-refractivity contribution in [2.45, 2.75) is 32.5 Å². The lowest BCUT2D eigenvalue weighted by Crippen LogP contribution is -2.29. The van der Waals surface area contributed by atoms with Gasteiger partial charge in [-0.05, 0) is 85.7 Å². The fourth-order valence-electron chi connectivity index (χ4n) is 4.86. The predicted molar refractivity (Wildman–Crippen MR) is 137 cm³/mol. The summed E-state index contributed by atoms with van der Waals surface area (Å²) in [5.41, 5.74) is 6.25. The fraction of sp³-hybridized carbons (Fsp3) is 0.185. The normalized spacial score (nSPS) is 17.4. The number of benzene rings is 1. The Morgan fingerprint density at radius 2 is 1.86 bits per heavy atom. The van der Waals surface area contributed by atoms with Gasteiger partial charge in [-0.3, -0.25) is 9.97 Å². The third kappa shape index (κ3) is 4.28. The average molecular weight is 484 g/mol. The van der Waals surface area contributed by atoms with Crippen LogP contribution < -0.4 is 5.32 Å². The summed E-state index contributed by atoms with van der Waals surface area (Å²) in [4.78, 5) is 22.5. The largest absolute Gasteiger partial charge is 0.478 e. The molecule has 1 aliphatic heterocycles. The Morgan fingerprint density at radius 1 is 1.06 bits per heavy atom. The van der Waals surface area contributed by atoms with E-state index in [-0.39, 0.29) is 17.6 Å². The molecule has 7 nitrogen and oxygen atoms in total. The van der Waals surface area contributed by atoms with Gasteiger partial charge in [0.1, 0.15) is 0 Å². The summed E-state index contributed by atoms with van der Waals surface area (Å²) < 4.78 is 2.10. The van der Waals surface area contributed by atoms with Gasteiger partial charge in [-0.25, -0.2) is 4.79 Å². The Balaban J connectivity index is 1.62. The summed E-state index contributed by atoms with van der Waals surface area (Å²) in [6, 6.07) is 18.8. The van der Waals surface area contributed by atoms with Crippen molar-refractivity contribution in [1.82, 2.24) is 24.8 Å². The number of hydrogen-bond acceptors (Lipinski definition) is 4. The number of carboxylic acids is 1. The van der Waals surface area contributed by atoms with E-state index >= 15 is 0 Å². The number of nitrogens with one attached hydrogen (secondary N) is 1. The van der Waals surface area contributed by atoms with E-state index < -0.39 is 5.97 Å². The maximum Gasteiger partial charge on any atom is 0.335 e. The highest BCUT2D eigenvalue weighted by Crippen LogP contribution is 2.42. The summed E-state index contributed by atoms with van der Waals surface area (Å²) in [6.45, 7) is 4.73. The van der Waals surface area contributed by atoms with Crippen LogP contribution in [0.3, 0.4) is 0 Å². The molecule has 3 aromatic heterocycles. The van der Waals surface area contributed by atoms with Gasteiger partial charge in [-0.2, -0.15) is 0 Å². The van der Waals surface area contributed by atoms with Gasteiger partial charge in [0.25, 0.3) is 0 Å². The van der Waals surface area contributed by atoms with Crippen LogP contribution in [0.1, 0.15) is 50.7 Å². The Bertz CT molecular complexity index is 1390. The third-order valence-corrected chi connectivity index (χ3v) is 6.79. The molecule has 2 N–H and O–H groups in total. The van der Waals surface area contributed by atoms with Gasteiger partial charge in [0, 0.05) is 42.2 Å². The molecule has 0 saturated carbocycles. The van der Waals surface area contributed by atoms with Crippen LogP contribution in [0.4, 0.5) is 0 Å². The Kier molecular flexibility index (Phi) is 6.05. The van der Waals surface area contributed by atoms with Crippen molar-refractivity contribution in [2.24, 2.45) is 0 Å². The van der Waals surface area contributed by atoms with Crippen LogP contribution in [-0.4, -0.2) is 35.6 Å². The number of rotatable bonds is 6. The number of nitrogens with zero attached hydrogens (tertiary/aromatic N) is 4. The van der Waals surface area contributed by atoms with Crippen LogP contribution in [-0.2, 0) is 6.54 Å². The molecule has 2 unspecified atom stereocenters. The van der Waals surface area contributed by atoms with E-state index in [9.17, 15) is 9.90 Å². The average Bonchev–Trinajstić information content (AvgIpc) is 3.35. The third-order valence-electron chi connectivity index (χ3n) is 6.44. The molecule has 4 aromatic rings. The quantitative estimate of drug-likeness (QED) is 0.383. The number of carbonyl (C=O) groups is 1. The molecule has 1 fully saturated rings. The first-order valence-corrected chi connectivity index (χ1v) is 11.7. The van der Waals surface area contributed by atoms with Gasteiger partial charge in [-0.15, -0.1) is 0 Å². The topological polar surface area (TPSA) is 83.3 Å². The van der Waals surface area contributed by atoms with Crippen molar-refractivity contribution in [3.63, 3.8) is 0 Å². The number of aryl methyl sites for hydroxylation is 1. The number of aromatic nitrogens is 3. The maximum atomic E-state index is 11.6. The first-order valence-electron chi connectivity index (χ1n) is 11.3. The smallest absolute Gasteiger partial charge is 0.335 e. The fourth-order valence-corrected chi connectivity index (χ4v) is 5.17. The second kappa shape index (κ2) is 9.31. The minimum Gasteiger partial charge on any atom is -0.478 e. The van der Waals surface area contributed by atoms with E-state index in [2.05, 4.69) is 37.7 Å². The van der Waals surface area contributed by atoms with Crippen molar-refractivity contribution in [2.75, 3.05) is 0 Å². The van der Waals surface area contributed by atoms with Crippen LogP contribution in [0.15, 0.2) is 79.3 Å². The lowest BCUT2D eigenvalue weighted by atomic mass is 9.96. The first-order chi connectivity index (χ1) is 16.9. The molecule has 1 aliphatic rings. The zero-order valence-corrected chi connectivity index (χ0v) is 20.2. The molecule has 5 rings (SSSR count). The van der Waals surface area contributed by atoms with Crippen molar-refractivity contribution >= 4 is 23.3 Å². The summed E-state index contributed by atoms with van der Waals surface area (Å²) in [5.74, 6) is -0.946. The molecule has 4 heterocycles. The van der Waals surface area contributed by atoms with E-state index in [1.807, 2.05) is 43.3 Å². The molecule has 0 aliphatic carbocycles. The van der Waals surface area contributed by atoms with Crippen molar-refractivity contribution in [3.8, 4) is 5.69 Å². The number of thiocarbonyl (C=S) groups is 1. The van der Waals surface area contributed by atoms with E-state index in [1.54, 1.807) is 36.8 Å². The molecular formula is C27H25N5O2S. The summed E-state index contributed by atoms with van der Waals surface area (Å²) in [5, 5.41) is 13.7. The zero-order chi connectivity index (χ0) is 24.5. The van der Waals surface area contributed by atoms with Crippen LogP contribution >= 0.6 is 12.2 Å². The molecule has 0 bridgehead atoms. The molecule has 0 amide bonds. The van der Waals surface area contributed by atoms with Crippen molar-refractivity contribution in [3.05, 3.63) is 113 Å². The van der Waals surface area contributed by atoms with Gasteiger partial charge in [0.15, 0.2) is 5.11 Å². The molecule has 0 spiro atoms. The Hall–Kier alpha value is -4.04. The molecule has 1 aromatic carbocycles. The number of hydrogen-bond donors (Lipinski definition) is 2. The van der Waals surface area contributed by atoms with Gasteiger partial charge in [0.2, 0.25) is 0 Å². The standard InChI is InChI=1S/C27H25N5O2S/c1-17-14-22(18(2)32(17)21-7-5-6-20(15-21)26(33)34)25-24(23-8-3-4-11-29-23)30-27(35)31(25)16-19-9-12-28-13-10-19/h3-15,24-25H,16H2,1-2H3,(H,30,35)(H,33,34). The summed E-state index contributed by atoms with van der Waals surface area (Å²) in [6.07, 6.45) is 5.37. The SMILES string of the molecule is Cc1cc(C2C(c3ccccn3)NC(=S)N2Cc2ccncc2)c(C)n1-c1cccc(C(=O)O)c1. The highest BCUT2D eigenvalue weighted by atomic mass is 32.1. The second-order valence-electron chi connectivity index (χ2n) is 8.63. The molecule has 2 atom stereocenters. The molecule has 1 saturated heterocycles. The van der Waals surface area contributed by atoms with E-state index in [0.29, 0.717) is 11.7 Å². The summed E-state index contributed by atoms with van der Waals surface area (Å²) in [7, 11) is 0. The minimum atomic E-state index is -0.946. The Labute approximate surface area is 209 Å². The van der Waals surface area contributed by atoms with E-state index in [0.717, 1.165) is 33.9 Å². The predicted octanol–water partition coefficient (Wildman–Crippen LogP) is 4.76. The molecule has 0 radical (unpaired) electrons. The van der Waals surface area contributed by atoms with Crippen LogP contribution in [0.5, 0.6) is 0 Å². The highest BCUT2D eigenvalue weighted by molar-refractivity contribution is 7.80.